The zero-order valence-corrected chi connectivity index (χ0v) is 36.1. The number of epoxide rings is 2. The van der Waals surface area contributed by atoms with Crippen molar-refractivity contribution in [2.24, 2.45) is 5.73 Å². The Balaban J connectivity index is 1.03. The number of nitrogens with two attached hydrogens (primary N) is 1. The predicted molar refractivity (Wildman–Crippen MR) is 232 cm³/mol. The topological polar surface area (TPSA) is 108 Å². The average molecular weight is 794 g/mol. The molecule has 6 atom stereocenters. The summed E-state index contributed by atoms with van der Waals surface area (Å²) in [6, 6.07) is 33.2. The van der Waals surface area contributed by atoms with Gasteiger partial charge in [0, 0.05) is 23.3 Å². The molecule has 58 heavy (non-hydrogen) atoms. The van der Waals surface area contributed by atoms with E-state index in [0.717, 1.165) is 67.3 Å². The monoisotopic (exact) mass is 793 g/mol. The van der Waals surface area contributed by atoms with Crippen LogP contribution in [0.15, 0.2) is 97.1 Å². The summed E-state index contributed by atoms with van der Waals surface area (Å²) in [6.45, 7) is 19.6. The zero-order chi connectivity index (χ0) is 41.6. The van der Waals surface area contributed by atoms with Gasteiger partial charge in [-0.3, -0.25) is 0 Å². The molecule has 0 spiro atoms. The van der Waals surface area contributed by atoms with Gasteiger partial charge < -0.3 is 39.3 Å². The fourth-order valence-corrected chi connectivity index (χ4v) is 8.31. The van der Waals surface area contributed by atoms with Gasteiger partial charge in [0.25, 0.3) is 0 Å². The van der Waals surface area contributed by atoms with Gasteiger partial charge in [0.2, 0.25) is 0 Å². The molecule has 2 fully saturated rings. The van der Waals surface area contributed by atoms with Crippen molar-refractivity contribution in [1.29, 1.82) is 0 Å². The summed E-state index contributed by atoms with van der Waals surface area (Å²) in [5.74, 6) is 3.19. The largest absolute Gasteiger partial charge is 0.491 e. The Morgan fingerprint density at radius 3 is 1.47 bits per heavy atom. The van der Waals surface area contributed by atoms with Crippen LogP contribution in [0.2, 0.25) is 0 Å². The van der Waals surface area contributed by atoms with E-state index in [-0.39, 0.29) is 35.7 Å². The van der Waals surface area contributed by atoms with Crippen LogP contribution >= 0.6 is 0 Å². The maximum Gasteiger partial charge on any atom is 0.152 e. The third-order valence-electron chi connectivity index (χ3n) is 12.5. The van der Waals surface area contributed by atoms with Gasteiger partial charge in [-0.2, -0.15) is 0 Å². The first kappa shape index (κ1) is 43.5. The van der Waals surface area contributed by atoms with Crippen LogP contribution in [-0.2, 0) is 20.3 Å². The Hall–Kier alpha value is -4.08. The summed E-state index contributed by atoms with van der Waals surface area (Å²) in [5.41, 5.74) is 9.69. The van der Waals surface area contributed by atoms with Crippen LogP contribution in [0.5, 0.6) is 23.0 Å². The second-order valence-corrected chi connectivity index (χ2v) is 17.6. The summed E-state index contributed by atoms with van der Waals surface area (Å²) >= 11 is 0. The van der Waals surface area contributed by atoms with Crippen LogP contribution in [0, 0.1) is 0 Å². The average Bonchev–Trinajstić information content (AvgIpc) is 4.16. The van der Waals surface area contributed by atoms with Crippen molar-refractivity contribution in [2.75, 3.05) is 26.4 Å². The minimum atomic E-state index is -0.699. The lowest BCUT2D eigenvalue weighted by Gasteiger charge is -2.37. The molecular weight excluding hydrogens is 727 g/mol. The van der Waals surface area contributed by atoms with Gasteiger partial charge in [-0.25, -0.2) is 0 Å². The smallest absolute Gasteiger partial charge is 0.152 e. The van der Waals surface area contributed by atoms with Crippen LogP contribution < -0.4 is 24.7 Å². The van der Waals surface area contributed by atoms with Crippen molar-refractivity contribution in [1.82, 2.24) is 0 Å². The highest BCUT2D eigenvalue weighted by Gasteiger charge is 2.51. The van der Waals surface area contributed by atoms with Gasteiger partial charge in [0.15, 0.2) is 5.60 Å². The molecule has 0 aliphatic carbocycles. The minimum absolute atomic E-state index is 0.0376. The van der Waals surface area contributed by atoms with Crippen molar-refractivity contribution in [2.45, 2.75) is 140 Å². The van der Waals surface area contributed by atoms with Gasteiger partial charge in [-0.05, 0) is 97.0 Å². The zero-order valence-electron chi connectivity index (χ0n) is 36.1. The minimum Gasteiger partial charge on any atom is -0.491 e. The second kappa shape index (κ2) is 18.5. The van der Waals surface area contributed by atoms with Gasteiger partial charge in [-0.15, -0.1) is 0 Å². The molecule has 2 heterocycles. The molecule has 4 aromatic carbocycles. The molecule has 0 radical (unpaired) electrons. The maximum absolute atomic E-state index is 11.3. The highest BCUT2D eigenvalue weighted by Crippen LogP contribution is 2.39. The number of aliphatic hydroxyl groups excluding tert-OH is 1. The molecular formula is C50H67NO7. The van der Waals surface area contributed by atoms with Crippen molar-refractivity contribution in [3.8, 4) is 23.0 Å². The van der Waals surface area contributed by atoms with Crippen LogP contribution in [0.25, 0.3) is 0 Å². The molecule has 6 unspecified atom stereocenters. The van der Waals surface area contributed by atoms with E-state index in [9.17, 15) is 5.11 Å². The van der Waals surface area contributed by atoms with Gasteiger partial charge in [0.1, 0.15) is 54.0 Å². The van der Waals surface area contributed by atoms with Gasteiger partial charge in [-0.1, -0.05) is 110 Å². The Labute approximate surface area is 347 Å². The number of aliphatic hydroxyl groups is 1. The summed E-state index contributed by atoms with van der Waals surface area (Å²) in [5, 5.41) is 11.3. The highest BCUT2D eigenvalue weighted by atomic mass is 16.6. The Bertz CT molecular complexity index is 1860. The van der Waals surface area contributed by atoms with Crippen molar-refractivity contribution >= 4 is 0 Å². The Morgan fingerprint density at radius 2 is 1.07 bits per heavy atom. The Morgan fingerprint density at radius 1 is 0.638 bits per heavy atom. The second-order valence-electron chi connectivity index (χ2n) is 17.6. The van der Waals surface area contributed by atoms with Crippen LogP contribution in [-0.4, -0.2) is 67.1 Å². The molecule has 0 bridgehead atoms. The van der Waals surface area contributed by atoms with Crippen LogP contribution in [0.1, 0.15) is 116 Å². The van der Waals surface area contributed by atoms with Crippen molar-refractivity contribution in [3.05, 3.63) is 119 Å². The van der Waals surface area contributed by atoms with Crippen molar-refractivity contribution in [3.63, 3.8) is 0 Å². The first-order valence-corrected chi connectivity index (χ1v) is 21.5. The van der Waals surface area contributed by atoms with Gasteiger partial charge in [0.05, 0.1) is 19.3 Å². The summed E-state index contributed by atoms with van der Waals surface area (Å²) in [6.07, 6.45) is 4.39. The summed E-state index contributed by atoms with van der Waals surface area (Å²) < 4.78 is 36.3. The van der Waals surface area contributed by atoms with E-state index in [2.05, 4.69) is 109 Å². The van der Waals surface area contributed by atoms with E-state index in [0.29, 0.717) is 19.6 Å². The first-order chi connectivity index (χ1) is 27.7. The van der Waals surface area contributed by atoms with Gasteiger partial charge >= 0.3 is 0 Å². The molecule has 6 rings (SSSR count). The third-order valence-corrected chi connectivity index (χ3v) is 12.5. The normalized spacial score (nSPS) is 19.6. The molecule has 2 aliphatic heterocycles. The molecule has 8 heteroatoms. The maximum atomic E-state index is 11.3. The molecule has 8 nitrogen and oxygen atoms in total. The standard InChI is InChI=1S/C50H67NO7/c1-9-28-49(11-3,57-43-24-16-38(17-25-43)47(5,6)37-14-22-42(23-15-37)54-32-45-33-55-45)30-40(52)31-53-41-20-12-36(13-21-41)48(7,8)39-18-26-44(27-19-39)58-50(29-10-2,35(4)51)46-34-56-46/h12-27,35,40,45-46,52H,9-11,28-34,51H2,1-8H3. The highest BCUT2D eigenvalue weighted by molar-refractivity contribution is 5.43. The molecule has 2 saturated heterocycles. The summed E-state index contributed by atoms with van der Waals surface area (Å²) in [7, 11) is 0. The quantitative estimate of drug-likeness (QED) is 0.0715. The first-order valence-electron chi connectivity index (χ1n) is 21.5. The number of hydrogen-bond acceptors (Lipinski definition) is 8. The van der Waals surface area contributed by atoms with E-state index in [4.69, 9.17) is 34.2 Å². The lowest BCUT2D eigenvalue weighted by atomic mass is 9.78. The summed E-state index contributed by atoms with van der Waals surface area (Å²) in [4.78, 5) is 0. The number of benzene rings is 4. The molecule has 3 N–H and O–H groups in total. The SMILES string of the molecule is CCCC(CC)(CC(O)COc1ccc(C(C)(C)c2ccc(OC(CCC)(C(C)N)C3CO3)cc2)cc1)Oc1ccc(C(C)(C)c2ccc(OCC3CO3)cc2)cc1. The fourth-order valence-electron chi connectivity index (χ4n) is 8.31. The van der Waals surface area contributed by atoms with Crippen molar-refractivity contribution < 1.29 is 33.5 Å². The molecule has 0 aromatic heterocycles. The number of hydrogen-bond donors (Lipinski definition) is 2. The molecule has 314 valence electrons. The Kier molecular flexibility index (Phi) is 13.8. The lowest BCUT2D eigenvalue weighted by molar-refractivity contribution is -0.0132. The molecule has 2 aliphatic rings. The van der Waals surface area contributed by atoms with E-state index < -0.39 is 17.3 Å². The lowest BCUT2D eigenvalue weighted by Crippen LogP contribution is -2.55. The van der Waals surface area contributed by atoms with Crippen LogP contribution in [0.3, 0.4) is 0 Å². The van der Waals surface area contributed by atoms with Crippen LogP contribution in [0.4, 0.5) is 0 Å². The van der Waals surface area contributed by atoms with E-state index in [1.54, 1.807) is 0 Å². The molecule has 0 saturated carbocycles. The third kappa shape index (κ3) is 10.4. The predicted octanol–water partition coefficient (Wildman–Crippen LogP) is 9.94. The molecule has 4 aromatic rings. The van der Waals surface area contributed by atoms with E-state index >= 15 is 0 Å². The number of ether oxygens (including phenoxy) is 6. The fraction of sp³-hybridized carbons (Fsp3) is 0.520. The van der Waals surface area contributed by atoms with E-state index in [1.807, 2.05) is 43.3 Å². The number of rotatable bonds is 23. The molecule has 0 amide bonds. The van der Waals surface area contributed by atoms with E-state index in [1.165, 1.54) is 16.7 Å².